The van der Waals surface area contributed by atoms with E-state index in [1.807, 2.05) is 41.3 Å². The van der Waals surface area contributed by atoms with Gasteiger partial charge in [-0.2, -0.15) is 0 Å². The van der Waals surface area contributed by atoms with E-state index < -0.39 is 10.0 Å². The van der Waals surface area contributed by atoms with Crippen LogP contribution in [0, 0.1) is 0 Å². The molecule has 1 aliphatic carbocycles. The number of sulfonamides is 1. The van der Waals surface area contributed by atoms with E-state index in [4.69, 9.17) is 5.14 Å². The van der Waals surface area contributed by atoms with Crippen LogP contribution >= 0.6 is 0 Å². The van der Waals surface area contributed by atoms with E-state index in [0.717, 1.165) is 36.1 Å². The Labute approximate surface area is 165 Å². The third-order valence-electron chi connectivity index (χ3n) is 5.75. The van der Waals surface area contributed by atoms with Gasteiger partial charge in [0.05, 0.1) is 10.9 Å². The summed E-state index contributed by atoms with van der Waals surface area (Å²) in [6.45, 7) is 2.06. The maximum atomic E-state index is 13.1. The van der Waals surface area contributed by atoms with Gasteiger partial charge < -0.3 is 4.90 Å². The molecule has 4 rings (SSSR count). The van der Waals surface area contributed by atoms with Crippen molar-refractivity contribution in [2.45, 2.75) is 55.6 Å². The number of carbonyl (C=O) groups is 1. The standard InChI is InChI=1S/C21H25N3O3S/c1-14-12-20(21(25)24(14)16-7-3-2-4-8-16)23-19-9-5-6-15-10-11-17(13-18(15)19)28(22,26)27/h2-4,7-8,10-11,13-14,19-20,23H,5-6,9,12H2,1H3,(H2,22,26,27). The minimum atomic E-state index is -3.75. The van der Waals surface area contributed by atoms with Gasteiger partial charge in [0, 0.05) is 17.8 Å². The second-order valence-electron chi connectivity index (χ2n) is 7.70. The number of nitrogens with zero attached hydrogens (tertiary/aromatic N) is 1. The maximum absolute atomic E-state index is 13.1. The first-order chi connectivity index (χ1) is 13.3. The molecule has 2 aromatic carbocycles. The Bertz CT molecular complexity index is 991. The number of fused-ring (bicyclic) bond motifs is 1. The van der Waals surface area contributed by atoms with Crippen LogP contribution in [0.25, 0.3) is 0 Å². The molecule has 1 saturated heterocycles. The number of anilines is 1. The summed E-state index contributed by atoms with van der Waals surface area (Å²) in [7, 11) is -3.75. The molecule has 28 heavy (non-hydrogen) atoms. The lowest BCUT2D eigenvalue weighted by molar-refractivity contribution is -0.119. The SMILES string of the molecule is CC1CC(NC2CCCc3ccc(S(N)(=O)=O)cc32)C(=O)N1c1ccccc1. The van der Waals surface area contributed by atoms with Gasteiger partial charge in [-0.1, -0.05) is 24.3 Å². The van der Waals surface area contributed by atoms with Crippen LogP contribution in [0.3, 0.4) is 0 Å². The van der Waals surface area contributed by atoms with Crippen molar-refractivity contribution in [2.75, 3.05) is 4.90 Å². The number of amides is 1. The predicted octanol–water partition coefficient (Wildman–Crippen LogP) is 2.50. The summed E-state index contributed by atoms with van der Waals surface area (Å²) in [5.41, 5.74) is 2.97. The Hall–Kier alpha value is -2.22. The number of hydrogen-bond donors (Lipinski definition) is 2. The van der Waals surface area contributed by atoms with Crippen LogP contribution in [0.5, 0.6) is 0 Å². The van der Waals surface area contributed by atoms with Crippen molar-refractivity contribution in [2.24, 2.45) is 5.14 Å². The van der Waals surface area contributed by atoms with Crippen LogP contribution in [0.1, 0.15) is 43.4 Å². The second kappa shape index (κ2) is 7.31. The van der Waals surface area contributed by atoms with E-state index in [1.165, 1.54) is 0 Å². The van der Waals surface area contributed by atoms with Crippen LogP contribution in [-0.2, 0) is 21.2 Å². The van der Waals surface area contributed by atoms with Crippen LogP contribution in [-0.4, -0.2) is 26.4 Å². The second-order valence-corrected chi connectivity index (χ2v) is 9.26. The molecular formula is C21H25N3O3S. The Morgan fingerprint density at radius 1 is 1.11 bits per heavy atom. The minimum absolute atomic E-state index is 0.0534. The van der Waals surface area contributed by atoms with Crippen LogP contribution in [0.4, 0.5) is 5.69 Å². The number of rotatable bonds is 4. The minimum Gasteiger partial charge on any atom is -0.308 e. The molecule has 0 saturated carbocycles. The van der Waals surface area contributed by atoms with Crippen molar-refractivity contribution < 1.29 is 13.2 Å². The summed E-state index contributed by atoms with van der Waals surface area (Å²) < 4.78 is 23.5. The molecule has 3 N–H and O–H groups in total. The fourth-order valence-electron chi connectivity index (χ4n) is 4.41. The summed E-state index contributed by atoms with van der Waals surface area (Å²) >= 11 is 0. The molecule has 2 aromatic rings. The van der Waals surface area contributed by atoms with Gasteiger partial charge >= 0.3 is 0 Å². The molecule has 0 spiro atoms. The number of nitrogens with two attached hydrogens (primary N) is 1. The number of nitrogens with one attached hydrogen (secondary N) is 1. The third kappa shape index (κ3) is 3.57. The number of primary sulfonamides is 1. The van der Waals surface area contributed by atoms with Gasteiger partial charge in [-0.3, -0.25) is 10.1 Å². The smallest absolute Gasteiger partial charge is 0.244 e. The molecule has 148 valence electrons. The molecule has 3 atom stereocenters. The van der Waals surface area contributed by atoms with Crippen LogP contribution in [0.15, 0.2) is 53.4 Å². The average molecular weight is 400 g/mol. The number of aryl methyl sites for hydroxylation is 1. The van der Waals surface area contributed by atoms with Crippen molar-refractivity contribution in [3.05, 3.63) is 59.7 Å². The van der Waals surface area contributed by atoms with Crippen molar-refractivity contribution in [1.82, 2.24) is 5.32 Å². The highest BCUT2D eigenvalue weighted by atomic mass is 32.2. The summed E-state index contributed by atoms with van der Waals surface area (Å²) in [5.74, 6) is 0.0634. The molecule has 0 radical (unpaired) electrons. The molecule has 6 nitrogen and oxygen atoms in total. The van der Waals surface area contributed by atoms with Gasteiger partial charge in [-0.25, -0.2) is 13.6 Å². The van der Waals surface area contributed by atoms with Crippen molar-refractivity contribution in [1.29, 1.82) is 0 Å². The Kier molecular flexibility index (Phi) is 4.99. The largest absolute Gasteiger partial charge is 0.308 e. The third-order valence-corrected chi connectivity index (χ3v) is 6.66. The van der Waals surface area contributed by atoms with Crippen molar-refractivity contribution >= 4 is 21.6 Å². The topological polar surface area (TPSA) is 92.5 Å². The number of benzene rings is 2. The van der Waals surface area contributed by atoms with Gasteiger partial charge in [0.25, 0.3) is 0 Å². The van der Waals surface area contributed by atoms with E-state index in [1.54, 1.807) is 12.1 Å². The number of para-hydroxylation sites is 1. The number of carbonyl (C=O) groups excluding carboxylic acids is 1. The monoisotopic (exact) mass is 399 g/mol. The molecule has 2 aliphatic rings. The fraction of sp³-hybridized carbons (Fsp3) is 0.381. The van der Waals surface area contributed by atoms with E-state index >= 15 is 0 Å². The normalized spacial score (nSPS) is 25.0. The zero-order chi connectivity index (χ0) is 19.9. The lowest BCUT2D eigenvalue weighted by Crippen LogP contribution is -2.41. The first-order valence-corrected chi connectivity index (χ1v) is 11.2. The Morgan fingerprint density at radius 3 is 2.57 bits per heavy atom. The summed E-state index contributed by atoms with van der Waals surface area (Å²) in [6, 6.07) is 14.5. The van der Waals surface area contributed by atoms with E-state index in [0.29, 0.717) is 6.42 Å². The quantitative estimate of drug-likeness (QED) is 0.826. The van der Waals surface area contributed by atoms with Gasteiger partial charge in [0.15, 0.2) is 0 Å². The zero-order valence-electron chi connectivity index (χ0n) is 15.8. The molecule has 3 unspecified atom stereocenters. The summed E-state index contributed by atoms with van der Waals surface area (Å²) in [4.78, 5) is 15.0. The maximum Gasteiger partial charge on any atom is 0.244 e. The highest BCUT2D eigenvalue weighted by Crippen LogP contribution is 2.34. The van der Waals surface area contributed by atoms with Gasteiger partial charge in [-0.15, -0.1) is 0 Å². The lowest BCUT2D eigenvalue weighted by atomic mass is 9.87. The molecular weight excluding hydrogens is 374 g/mol. The molecule has 0 bridgehead atoms. The zero-order valence-corrected chi connectivity index (χ0v) is 16.7. The van der Waals surface area contributed by atoms with E-state index in [2.05, 4.69) is 12.2 Å². The molecule has 1 fully saturated rings. The van der Waals surface area contributed by atoms with Crippen LogP contribution in [0.2, 0.25) is 0 Å². The predicted molar refractivity (Wildman–Crippen MR) is 108 cm³/mol. The van der Waals surface area contributed by atoms with Gasteiger partial charge in [0.2, 0.25) is 15.9 Å². The van der Waals surface area contributed by atoms with E-state index in [9.17, 15) is 13.2 Å². The molecule has 1 aliphatic heterocycles. The number of hydrogen-bond acceptors (Lipinski definition) is 4. The van der Waals surface area contributed by atoms with Gasteiger partial charge in [-0.05, 0) is 68.0 Å². The Balaban J connectivity index is 1.59. The van der Waals surface area contributed by atoms with Crippen molar-refractivity contribution in [3.63, 3.8) is 0 Å². The van der Waals surface area contributed by atoms with Crippen molar-refractivity contribution in [3.8, 4) is 0 Å². The lowest BCUT2D eigenvalue weighted by Gasteiger charge is -2.29. The Morgan fingerprint density at radius 2 is 1.86 bits per heavy atom. The molecule has 0 aromatic heterocycles. The highest BCUT2D eigenvalue weighted by molar-refractivity contribution is 7.89. The summed E-state index contributed by atoms with van der Waals surface area (Å²) in [5, 5.41) is 8.82. The average Bonchev–Trinajstić information content (AvgIpc) is 2.95. The first-order valence-electron chi connectivity index (χ1n) is 9.64. The fourth-order valence-corrected chi connectivity index (χ4v) is 4.96. The van der Waals surface area contributed by atoms with Gasteiger partial charge in [0.1, 0.15) is 0 Å². The molecule has 1 amide bonds. The molecule has 7 heteroatoms. The highest BCUT2D eigenvalue weighted by Gasteiger charge is 2.39. The molecule has 1 heterocycles. The van der Waals surface area contributed by atoms with Crippen LogP contribution < -0.4 is 15.4 Å². The summed E-state index contributed by atoms with van der Waals surface area (Å²) in [6.07, 6.45) is 3.49. The first kappa shape index (κ1) is 19.1. The van der Waals surface area contributed by atoms with E-state index in [-0.39, 0.29) is 28.9 Å².